The molecule has 1 N–H and O–H groups in total. The highest BCUT2D eigenvalue weighted by Gasteiger charge is 2.63. The van der Waals surface area contributed by atoms with Gasteiger partial charge < -0.3 is 14.5 Å². The Morgan fingerprint density at radius 1 is 1.00 bits per heavy atom. The van der Waals surface area contributed by atoms with Crippen LogP contribution in [0.1, 0.15) is 44.9 Å². The van der Waals surface area contributed by atoms with Gasteiger partial charge in [0.1, 0.15) is 8.24 Å². The smallest absolute Gasteiger partial charge is 0.125 e. The van der Waals surface area contributed by atoms with Gasteiger partial charge in [0.15, 0.2) is 0 Å². The fourth-order valence-electron chi connectivity index (χ4n) is 6.81. The standard InChI is InChI=1S/C19H35NO2Si/c1-20-23(3,4)19-14-8-6-5-7-13(14)17-15-11-12(21-2)9-10-16(15)22-18(17)19/h12-20H,5-11H2,1-4H3. The summed E-state index contributed by atoms with van der Waals surface area (Å²) in [6, 6.07) is 0. The molecule has 0 aromatic rings. The second-order valence-corrected chi connectivity index (χ2v) is 13.8. The van der Waals surface area contributed by atoms with Gasteiger partial charge in [-0.05, 0) is 61.9 Å². The lowest BCUT2D eigenvalue weighted by Crippen LogP contribution is -2.51. The van der Waals surface area contributed by atoms with Gasteiger partial charge in [-0.25, -0.2) is 0 Å². The minimum atomic E-state index is -1.43. The maximum Gasteiger partial charge on any atom is 0.125 e. The summed E-state index contributed by atoms with van der Waals surface area (Å²) in [6.45, 7) is 5.07. The lowest BCUT2D eigenvalue weighted by molar-refractivity contribution is -0.0283. The van der Waals surface area contributed by atoms with Crippen LogP contribution in [0.25, 0.3) is 0 Å². The van der Waals surface area contributed by atoms with Crippen LogP contribution < -0.4 is 4.98 Å². The van der Waals surface area contributed by atoms with E-state index < -0.39 is 8.24 Å². The van der Waals surface area contributed by atoms with Crippen LogP contribution in [0.3, 0.4) is 0 Å². The SMILES string of the molecule is CN[Si](C)(C)C1C2CCCCC2C2C3CC(OC)CCC3OC21. The van der Waals surface area contributed by atoms with Crippen LogP contribution in [0.5, 0.6) is 0 Å². The number of fused-ring (bicyclic) bond motifs is 5. The quantitative estimate of drug-likeness (QED) is 0.795. The fourth-order valence-corrected chi connectivity index (χ4v) is 9.75. The van der Waals surface area contributed by atoms with Crippen LogP contribution in [-0.2, 0) is 9.47 Å². The molecule has 4 rings (SSSR count). The number of hydrogen-bond donors (Lipinski definition) is 1. The summed E-state index contributed by atoms with van der Waals surface area (Å²) >= 11 is 0. The number of rotatable bonds is 3. The molecular formula is C19H35NO2Si. The second-order valence-electron chi connectivity index (χ2n) is 9.16. The Hall–Kier alpha value is 0.0969. The number of hydrogen-bond acceptors (Lipinski definition) is 3. The third-order valence-corrected chi connectivity index (χ3v) is 11.7. The summed E-state index contributed by atoms with van der Waals surface area (Å²) in [7, 11) is 2.66. The largest absolute Gasteiger partial charge is 0.381 e. The third-order valence-electron chi connectivity index (χ3n) is 7.99. The first kappa shape index (κ1) is 16.6. The van der Waals surface area contributed by atoms with Gasteiger partial charge in [0.2, 0.25) is 0 Å². The Balaban J connectivity index is 1.65. The van der Waals surface area contributed by atoms with E-state index in [-0.39, 0.29) is 0 Å². The third kappa shape index (κ3) is 2.56. The molecule has 3 aliphatic carbocycles. The molecule has 4 heteroatoms. The molecule has 1 heterocycles. The Bertz CT molecular complexity index is 443. The molecule has 0 aromatic carbocycles. The van der Waals surface area contributed by atoms with Crippen LogP contribution in [-0.4, -0.2) is 40.7 Å². The van der Waals surface area contributed by atoms with Crippen molar-refractivity contribution in [3.8, 4) is 0 Å². The van der Waals surface area contributed by atoms with E-state index in [2.05, 4.69) is 25.1 Å². The van der Waals surface area contributed by atoms with Crippen LogP contribution in [0, 0.1) is 23.7 Å². The van der Waals surface area contributed by atoms with Gasteiger partial charge in [-0.3, -0.25) is 0 Å². The van der Waals surface area contributed by atoms with E-state index in [1.165, 1.54) is 44.9 Å². The lowest BCUT2D eigenvalue weighted by Gasteiger charge is -2.41. The molecule has 3 nitrogen and oxygen atoms in total. The zero-order valence-corrected chi connectivity index (χ0v) is 16.4. The van der Waals surface area contributed by atoms with Crippen molar-refractivity contribution in [1.29, 1.82) is 0 Å². The van der Waals surface area contributed by atoms with E-state index in [0.29, 0.717) is 18.3 Å². The van der Waals surface area contributed by atoms with Crippen molar-refractivity contribution in [3.63, 3.8) is 0 Å². The minimum Gasteiger partial charge on any atom is -0.381 e. The molecule has 1 saturated heterocycles. The second kappa shape index (κ2) is 6.12. The fraction of sp³-hybridized carbons (Fsp3) is 1.00. The van der Waals surface area contributed by atoms with E-state index in [9.17, 15) is 0 Å². The molecule has 132 valence electrons. The molecule has 23 heavy (non-hydrogen) atoms. The Morgan fingerprint density at radius 3 is 2.43 bits per heavy atom. The van der Waals surface area contributed by atoms with Gasteiger partial charge in [0.05, 0.1) is 18.3 Å². The first-order valence-corrected chi connectivity index (χ1v) is 13.0. The Kier molecular flexibility index (Phi) is 4.40. The van der Waals surface area contributed by atoms with Gasteiger partial charge in [0.25, 0.3) is 0 Å². The summed E-state index contributed by atoms with van der Waals surface area (Å²) in [4.78, 5) is 3.76. The summed E-state index contributed by atoms with van der Waals surface area (Å²) < 4.78 is 12.6. The summed E-state index contributed by atoms with van der Waals surface area (Å²) in [6.07, 6.45) is 11.0. The molecule has 1 aliphatic heterocycles. The van der Waals surface area contributed by atoms with Gasteiger partial charge >= 0.3 is 0 Å². The summed E-state index contributed by atoms with van der Waals surface area (Å²) in [5, 5.41) is 0. The molecule has 0 spiro atoms. The highest BCUT2D eigenvalue weighted by molar-refractivity contribution is 6.76. The average molecular weight is 338 g/mol. The lowest BCUT2D eigenvalue weighted by atomic mass is 9.69. The van der Waals surface area contributed by atoms with E-state index >= 15 is 0 Å². The number of nitrogens with one attached hydrogen (secondary N) is 1. The summed E-state index contributed by atoms with van der Waals surface area (Å²) in [5.74, 6) is 3.46. The molecule has 0 amide bonds. The topological polar surface area (TPSA) is 30.5 Å². The number of ether oxygens (including phenoxy) is 2. The molecule has 0 bridgehead atoms. The number of methoxy groups -OCH3 is 1. The first-order valence-electron chi connectivity index (χ1n) is 9.94. The molecule has 4 fully saturated rings. The maximum atomic E-state index is 6.81. The zero-order valence-electron chi connectivity index (χ0n) is 15.4. The molecule has 8 unspecified atom stereocenters. The molecular weight excluding hydrogens is 302 g/mol. The van der Waals surface area contributed by atoms with Crippen LogP contribution in [0.2, 0.25) is 18.6 Å². The molecule has 3 saturated carbocycles. The Morgan fingerprint density at radius 2 is 1.74 bits per heavy atom. The predicted octanol–water partition coefficient (Wildman–Crippen LogP) is 3.80. The van der Waals surface area contributed by atoms with E-state index in [0.717, 1.165) is 29.2 Å². The zero-order chi connectivity index (χ0) is 16.2. The van der Waals surface area contributed by atoms with Crippen LogP contribution in [0.15, 0.2) is 0 Å². The normalized spacial score (nSPS) is 49.6. The average Bonchev–Trinajstić information content (AvgIpc) is 3.08. The Labute approximate surface area is 143 Å². The monoisotopic (exact) mass is 337 g/mol. The summed E-state index contributed by atoms with van der Waals surface area (Å²) in [5.41, 5.74) is 0.814. The predicted molar refractivity (Wildman–Crippen MR) is 96.0 cm³/mol. The van der Waals surface area contributed by atoms with E-state index in [1.807, 2.05) is 7.11 Å². The molecule has 0 radical (unpaired) electrons. The van der Waals surface area contributed by atoms with Crippen molar-refractivity contribution < 1.29 is 9.47 Å². The van der Waals surface area contributed by atoms with Crippen molar-refractivity contribution in [1.82, 2.24) is 4.98 Å². The van der Waals surface area contributed by atoms with E-state index in [4.69, 9.17) is 9.47 Å². The maximum absolute atomic E-state index is 6.81. The van der Waals surface area contributed by atoms with Gasteiger partial charge in [-0.1, -0.05) is 32.4 Å². The highest BCUT2D eigenvalue weighted by Crippen LogP contribution is 2.63. The van der Waals surface area contributed by atoms with Gasteiger partial charge in [-0.2, -0.15) is 0 Å². The van der Waals surface area contributed by atoms with Crippen molar-refractivity contribution in [2.24, 2.45) is 23.7 Å². The van der Waals surface area contributed by atoms with Crippen molar-refractivity contribution in [2.45, 2.75) is 81.9 Å². The van der Waals surface area contributed by atoms with Gasteiger partial charge in [0, 0.05) is 7.11 Å². The van der Waals surface area contributed by atoms with Crippen molar-refractivity contribution in [2.75, 3.05) is 14.2 Å². The molecule has 0 aromatic heterocycles. The highest BCUT2D eigenvalue weighted by atomic mass is 28.3. The van der Waals surface area contributed by atoms with E-state index in [1.54, 1.807) is 0 Å². The van der Waals surface area contributed by atoms with Gasteiger partial charge in [-0.15, -0.1) is 0 Å². The molecule has 4 aliphatic rings. The van der Waals surface area contributed by atoms with Crippen LogP contribution >= 0.6 is 0 Å². The van der Waals surface area contributed by atoms with Crippen LogP contribution in [0.4, 0.5) is 0 Å². The van der Waals surface area contributed by atoms with Crippen molar-refractivity contribution >= 4 is 8.24 Å². The minimum absolute atomic E-state index is 0.481. The van der Waals surface area contributed by atoms with Crippen molar-refractivity contribution in [3.05, 3.63) is 0 Å². The molecule has 8 atom stereocenters. The first-order chi connectivity index (χ1) is 11.1.